The molecule has 3 nitrogen and oxygen atoms in total. The van der Waals surface area contributed by atoms with Crippen LogP contribution >= 0.6 is 11.8 Å². The first kappa shape index (κ1) is 15.5. The highest BCUT2D eigenvalue weighted by Crippen LogP contribution is 2.27. The van der Waals surface area contributed by atoms with Gasteiger partial charge in [0.2, 0.25) is 5.91 Å². The van der Waals surface area contributed by atoms with E-state index in [4.69, 9.17) is 5.26 Å². The van der Waals surface area contributed by atoms with Crippen LogP contribution in [0.1, 0.15) is 31.9 Å². The summed E-state index contributed by atoms with van der Waals surface area (Å²) in [6.45, 7) is 7.27. The molecule has 0 fully saturated rings. The van der Waals surface area contributed by atoms with E-state index >= 15 is 0 Å². The van der Waals surface area contributed by atoms with E-state index in [9.17, 15) is 9.18 Å². The number of aryl methyl sites for hydroxylation is 1. The van der Waals surface area contributed by atoms with Crippen molar-refractivity contribution in [2.24, 2.45) is 5.41 Å². The maximum atomic E-state index is 14.1. The SMILES string of the molecule is Cc1ccc(CNC(=O)C(C)(C)C)c(F)c1SC#N. The number of benzene rings is 1. The number of carbonyl (C=O) groups is 1. The van der Waals surface area contributed by atoms with Gasteiger partial charge in [-0.3, -0.25) is 4.79 Å². The minimum absolute atomic E-state index is 0.126. The minimum Gasteiger partial charge on any atom is -0.351 e. The molecule has 0 saturated carbocycles. The number of amides is 1. The van der Waals surface area contributed by atoms with Gasteiger partial charge in [0.15, 0.2) is 0 Å². The third-order valence-corrected chi connectivity index (χ3v) is 3.44. The summed E-state index contributed by atoms with van der Waals surface area (Å²) in [6, 6.07) is 3.39. The fourth-order valence-corrected chi connectivity index (χ4v) is 1.98. The number of nitriles is 1. The van der Waals surface area contributed by atoms with Crippen molar-refractivity contribution in [3.05, 3.63) is 29.1 Å². The van der Waals surface area contributed by atoms with E-state index in [1.165, 1.54) is 0 Å². The smallest absolute Gasteiger partial charge is 0.225 e. The summed E-state index contributed by atoms with van der Waals surface area (Å²) < 4.78 is 14.1. The van der Waals surface area contributed by atoms with Crippen molar-refractivity contribution in [1.82, 2.24) is 5.32 Å². The van der Waals surface area contributed by atoms with Gasteiger partial charge in [0, 0.05) is 17.5 Å². The molecule has 1 N–H and O–H groups in total. The molecule has 0 saturated heterocycles. The molecule has 0 aliphatic heterocycles. The lowest BCUT2D eigenvalue weighted by molar-refractivity contribution is -0.128. The first-order valence-electron chi connectivity index (χ1n) is 5.89. The van der Waals surface area contributed by atoms with Gasteiger partial charge in [0.25, 0.3) is 0 Å². The molecule has 1 aromatic rings. The molecule has 0 unspecified atom stereocenters. The Kier molecular flexibility index (Phi) is 4.96. The molecule has 1 amide bonds. The van der Waals surface area contributed by atoms with E-state index in [2.05, 4.69) is 5.32 Å². The van der Waals surface area contributed by atoms with Gasteiger partial charge in [-0.2, -0.15) is 5.26 Å². The molecule has 0 aliphatic carbocycles. The van der Waals surface area contributed by atoms with Crippen LogP contribution < -0.4 is 5.32 Å². The molecule has 102 valence electrons. The van der Waals surface area contributed by atoms with Gasteiger partial charge in [-0.15, -0.1) is 0 Å². The number of nitrogens with zero attached hydrogens (tertiary/aromatic N) is 1. The van der Waals surface area contributed by atoms with Crippen molar-refractivity contribution in [3.8, 4) is 5.40 Å². The molecule has 1 aromatic carbocycles. The highest BCUT2D eigenvalue weighted by atomic mass is 32.2. The van der Waals surface area contributed by atoms with Crippen LogP contribution in [0, 0.1) is 28.8 Å². The first-order valence-corrected chi connectivity index (χ1v) is 6.71. The standard InChI is InChI=1S/C14H17FN2OS/c1-9-5-6-10(11(15)12(9)19-8-16)7-17-13(18)14(2,3)4/h5-6H,7H2,1-4H3,(H,17,18). The number of hydrogen-bond donors (Lipinski definition) is 1. The highest BCUT2D eigenvalue weighted by molar-refractivity contribution is 8.03. The van der Waals surface area contributed by atoms with Gasteiger partial charge in [0.1, 0.15) is 11.2 Å². The summed E-state index contributed by atoms with van der Waals surface area (Å²) in [6.07, 6.45) is 0. The van der Waals surface area contributed by atoms with Crippen molar-refractivity contribution in [2.75, 3.05) is 0 Å². The van der Waals surface area contributed by atoms with Crippen LogP contribution in [0.3, 0.4) is 0 Å². The molecule has 5 heteroatoms. The summed E-state index contributed by atoms with van der Waals surface area (Å²) >= 11 is 0.800. The zero-order valence-electron chi connectivity index (χ0n) is 11.5. The molecule has 0 spiro atoms. The fraction of sp³-hybridized carbons (Fsp3) is 0.429. The molecular weight excluding hydrogens is 263 g/mol. The Morgan fingerprint density at radius 2 is 2.11 bits per heavy atom. The number of halogens is 1. The van der Waals surface area contributed by atoms with E-state index in [0.717, 1.165) is 17.3 Å². The average molecular weight is 280 g/mol. The van der Waals surface area contributed by atoms with Gasteiger partial charge in [-0.05, 0) is 24.2 Å². The van der Waals surface area contributed by atoms with E-state index in [-0.39, 0.29) is 12.5 Å². The normalized spacial score (nSPS) is 10.9. The molecular formula is C14H17FN2OS. The Morgan fingerprint density at radius 3 is 2.63 bits per heavy atom. The Balaban J connectivity index is 2.89. The number of rotatable bonds is 3. The number of carbonyl (C=O) groups excluding carboxylic acids is 1. The summed E-state index contributed by atoms with van der Waals surface area (Å²) in [5.41, 5.74) is 0.599. The minimum atomic E-state index is -0.509. The van der Waals surface area contributed by atoms with Crippen molar-refractivity contribution >= 4 is 17.7 Å². The van der Waals surface area contributed by atoms with Crippen molar-refractivity contribution in [2.45, 2.75) is 39.1 Å². The van der Waals surface area contributed by atoms with Crippen LogP contribution in [-0.4, -0.2) is 5.91 Å². The number of hydrogen-bond acceptors (Lipinski definition) is 3. The van der Waals surface area contributed by atoms with Crippen LogP contribution in [0.15, 0.2) is 17.0 Å². The van der Waals surface area contributed by atoms with Gasteiger partial charge in [-0.1, -0.05) is 32.9 Å². The Bertz CT molecular complexity index is 529. The Morgan fingerprint density at radius 1 is 1.47 bits per heavy atom. The monoisotopic (exact) mass is 280 g/mol. The van der Waals surface area contributed by atoms with Crippen LogP contribution in [0.25, 0.3) is 0 Å². The van der Waals surface area contributed by atoms with Crippen LogP contribution in [0.5, 0.6) is 0 Å². The predicted molar refractivity (Wildman–Crippen MR) is 73.9 cm³/mol. The molecule has 19 heavy (non-hydrogen) atoms. The summed E-state index contributed by atoms with van der Waals surface area (Å²) in [5.74, 6) is -0.567. The van der Waals surface area contributed by atoms with E-state index in [1.807, 2.05) is 5.40 Å². The van der Waals surface area contributed by atoms with Gasteiger partial charge in [-0.25, -0.2) is 4.39 Å². The van der Waals surface area contributed by atoms with Crippen molar-refractivity contribution < 1.29 is 9.18 Å². The third kappa shape index (κ3) is 3.97. The fourth-order valence-electron chi connectivity index (χ4n) is 1.44. The lowest BCUT2D eigenvalue weighted by atomic mass is 9.95. The number of nitrogens with one attached hydrogen (secondary N) is 1. The maximum absolute atomic E-state index is 14.1. The lowest BCUT2D eigenvalue weighted by Gasteiger charge is -2.18. The van der Waals surface area contributed by atoms with E-state index in [1.54, 1.807) is 39.8 Å². The van der Waals surface area contributed by atoms with Crippen molar-refractivity contribution in [3.63, 3.8) is 0 Å². The lowest BCUT2D eigenvalue weighted by Crippen LogP contribution is -2.34. The Labute approximate surface area is 117 Å². The zero-order chi connectivity index (χ0) is 14.6. The Hall–Kier alpha value is -1.54. The van der Waals surface area contributed by atoms with Crippen LogP contribution in [0.4, 0.5) is 4.39 Å². The number of thiocyanates is 1. The third-order valence-electron chi connectivity index (χ3n) is 2.64. The van der Waals surface area contributed by atoms with Gasteiger partial charge < -0.3 is 5.32 Å². The predicted octanol–water partition coefficient (Wildman–Crippen LogP) is 3.37. The first-order chi connectivity index (χ1) is 8.77. The van der Waals surface area contributed by atoms with Crippen molar-refractivity contribution in [1.29, 1.82) is 5.26 Å². The largest absolute Gasteiger partial charge is 0.351 e. The van der Waals surface area contributed by atoms with Crippen LogP contribution in [-0.2, 0) is 11.3 Å². The topological polar surface area (TPSA) is 52.9 Å². The second-order valence-electron chi connectivity index (χ2n) is 5.31. The molecule has 0 radical (unpaired) electrons. The number of thioether (sulfide) groups is 1. The van der Waals surface area contributed by atoms with Gasteiger partial charge >= 0.3 is 0 Å². The summed E-state index contributed by atoms with van der Waals surface area (Å²) in [4.78, 5) is 12.1. The van der Waals surface area contributed by atoms with Crippen LogP contribution in [0.2, 0.25) is 0 Å². The molecule has 1 rings (SSSR count). The van der Waals surface area contributed by atoms with Gasteiger partial charge in [0.05, 0.1) is 4.90 Å². The second kappa shape index (κ2) is 6.07. The molecule has 0 aromatic heterocycles. The van der Waals surface area contributed by atoms with E-state index < -0.39 is 11.2 Å². The highest BCUT2D eigenvalue weighted by Gasteiger charge is 2.21. The summed E-state index contributed by atoms with van der Waals surface area (Å²) in [7, 11) is 0. The quantitative estimate of drug-likeness (QED) is 0.682. The molecule has 0 aliphatic rings. The zero-order valence-corrected chi connectivity index (χ0v) is 12.3. The second-order valence-corrected chi connectivity index (χ2v) is 6.11. The van der Waals surface area contributed by atoms with E-state index in [0.29, 0.717) is 10.5 Å². The molecule has 0 bridgehead atoms. The average Bonchev–Trinajstić information content (AvgIpc) is 2.32. The molecule has 0 heterocycles. The molecule has 0 atom stereocenters. The maximum Gasteiger partial charge on any atom is 0.225 e. The summed E-state index contributed by atoms with van der Waals surface area (Å²) in [5, 5.41) is 13.2.